The fourth-order valence-electron chi connectivity index (χ4n) is 2.25. The first-order valence-corrected chi connectivity index (χ1v) is 7.42. The zero-order valence-corrected chi connectivity index (χ0v) is 14.5. The summed E-state index contributed by atoms with van der Waals surface area (Å²) in [6, 6.07) is 7.95. The number of ether oxygens (including phenoxy) is 4. The van der Waals surface area contributed by atoms with Crippen LogP contribution in [0.25, 0.3) is 6.08 Å². The van der Waals surface area contributed by atoms with Crippen LogP contribution >= 0.6 is 0 Å². The number of allylic oxidation sites excluding steroid dienone is 1. The smallest absolute Gasteiger partial charge is 0.186 e. The van der Waals surface area contributed by atoms with E-state index in [4.69, 9.17) is 18.9 Å². The van der Waals surface area contributed by atoms with Gasteiger partial charge < -0.3 is 24.1 Å². The van der Waals surface area contributed by atoms with E-state index in [0.717, 1.165) is 0 Å². The molecule has 132 valence electrons. The summed E-state index contributed by atoms with van der Waals surface area (Å²) in [7, 11) is 5.98. The van der Waals surface area contributed by atoms with E-state index >= 15 is 0 Å². The van der Waals surface area contributed by atoms with Crippen LogP contribution in [0.1, 0.15) is 15.9 Å². The second kappa shape index (κ2) is 8.10. The van der Waals surface area contributed by atoms with Crippen molar-refractivity contribution in [1.82, 2.24) is 0 Å². The fourth-order valence-corrected chi connectivity index (χ4v) is 2.25. The second-order valence-electron chi connectivity index (χ2n) is 5.06. The van der Waals surface area contributed by atoms with Crippen molar-refractivity contribution >= 4 is 11.9 Å². The minimum absolute atomic E-state index is 0.0431. The normalized spacial score (nSPS) is 10.6. The highest BCUT2D eigenvalue weighted by Crippen LogP contribution is 2.34. The summed E-state index contributed by atoms with van der Waals surface area (Å²) in [5, 5.41) is 9.90. The Balaban J connectivity index is 2.33. The lowest BCUT2D eigenvalue weighted by atomic mass is 10.1. The van der Waals surface area contributed by atoms with Gasteiger partial charge in [0.05, 0.1) is 28.4 Å². The van der Waals surface area contributed by atoms with Gasteiger partial charge >= 0.3 is 0 Å². The molecule has 1 N–H and O–H groups in total. The lowest BCUT2D eigenvalue weighted by molar-refractivity contribution is 0.104. The molecule has 0 saturated heterocycles. The number of methoxy groups -OCH3 is 4. The molecule has 0 amide bonds. The maximum atomic E-state index is 12.4. The SMILES string of the molecule is COc1cc(OC)cc(C(=O)C=Cc2cc(O)c(OC)cc2OC)c1. The second-order valence-corrected chi connectivity index (χ2v) is 5.06. The molecular weight excluding hydrogens is 324 g/mol. The Kier molecular flexibility index (Phi) is 5.89. The first kappa shape index (κ1) is 18.2. The van der Waals surface area contributed by atoms with E-state index in [9.17, 15) is 9.90 Å². The van der Waals surface area contributed by atoms with Crippen LogP contribution in [-0.2, 0) is 0 Å². The van der Waals surface area contributed by atoms with E-state index in [1.807, 2.05) is 0 Å². The third-order valence-corrected chi connectivity index (χ3v) is 3.58. The molecule has 6 nitrogen and oxygen atoms in total. The van der Waals surface area contributed by atoms with Gasteiger partial charge in [0.25, 0.3) is 0 Å². The van der Waals surface area contributed by atoms with Crippen molar-refractivity contribution in [3.63, 3.8) is 0 Å². The Bertz CT molecular complexity index is 772. The summed E-state index contributed by atoms with van der Waals surface area (Å²) < 4.78 is 20.6. The van der Waals surface area contributed by atoms with Crippen molar-refractivity contribution < 1.29 is 28.8 Å². The molecule has 0 atom stereocenters. The zero-order chi connectivity index (χ0) is 18.4. The lowest BCUT2D eigenvalue weighted by Gasteiger charge is -2.09. The minimum Gasteiger partial charge on any atom is -0.504 e. The van der Waals surface area contributed by atoms with Gasteiger partial charge in [0, 0.05) is 23.3 Å². The summed E-state index contributed by atoms with van der Waals surface area (Å²) in [5.41, 5.74) is 0.966. The van der Waals surface area contributed by atoms with Crippen LogP contribution in [0.5, 0.6) is 28.7 Å². The molecule has 2 rings (SSSR count). The Labute approximate surface area is 146 Å². The van der Waals surface area contributed by atoms with E-state index in [1.165, 1.54) is 40.6 Å². The predicted molar refractivity (Wildman–Crippen MR) is 94.1 cm³/mol. The Hall–Kier alpha value is -3.15. The number of hydrogen-bond acceptors (Lipinski definition) is 6. The van der Waals surface area contributed by atoms with Crippen LogP contribution in [0.2, 0.25) is 0 Å². The molecule has 0 aliphatic heterocycles. The molecule has 0 spiro atoms. The van der Waals surface area contributed by atoms with Gasteiger partial charge in [0.15, 0.2) is 17.3 Å². The maximum Gasteiger partial charge on any atom is 0.186 e. The molecule has 0 saturated carbocycles. The average Bonchev–Trinajstić information content (AvgIpc) is 2.65. The number of carbonyl (C=O) groups excluding carboxylic acids is 1. The topological polar surface area (TPSA) is 74.2 Å². The molecular formula is C19H20O6. The third-order valence-electron chi connectivity index (χ3n) is 3.58. The molecule has 0 aliphatic rings. The standard InChI is InChI=1S/C19H20O6/c1-22-14-7-13(8-15(10-14)23-2)16(20)6-5-12-9-17(21)19(25-4)11-18(12)24-3/h5-11,21H,1-4H3. The van der Waals surface area contributed by atoms with Gasteiger partial charge in [-0.05, 0) is 30.4 Å². The first-order chi connectivity index (χ1) is 12.0. The van der Waals surface area contributed by atoms with Crippen LogP contribution in [0, 0.1) is 0 Å². The fraction of sp³-hybridized carbons (Fsp3) is 0.211. The van der Waals surface area contributed by atoms with E-state index in [1.54, 1.807) is 30.3 Å². The summed E-state index contributed by atoms with van der Waals surface area (Å²) in [6.07, 6.45) is 2.95. The number of carbonyl (C=O) groups is 1. The van der Waals surface area contributed by atoms with Crippen molar-refractivity contribution in [3.05, 3.63) is 47.5 Å². The zero-order valence-electron chi connectivity index (χ0n) is 14.5. The monoisotopic (exact) mass is 344 g/mol. The van der Waals surface area contributed by atoms with Crippen molar-refractivity contribution in [2.75, 3.05) is 28.4 Å². The van der Waals surface area contributed by atoms with E-state index in [2.05, 4.69) is 0 Å². The van der Waals surface area contributed by atoms with Gasteiger partial charge in [-0.15, -0.1) is 0 Å². The quantitative estimate of drug-likeness (QED) is 0.613. The summed E-state index contributed by atoms with van der Waals surface area (Å²) in [6.45, 7) is 0. The molecule has 0 bridgehead atoms. The van der Waals surface area contributed by atoms with E-state index in [0.29, 0.717) is 28.4 Å². The number of rotatable bonds is 7. The number of phenolic OH excluding ortho intramolecular Hbond substituents is 1. The molecule has 0 fully saturated rings. The van der Waals surface area contributed by atoms with Crippen LogP contribution in [0.3, 0.4) is 0 Å². The van der Waals surface area contributed by atoms with Crippen LogP contribution in [-0.4, -0.2) is 39.3 Å². The van der Waals surface area contributed by atoms with Crippen LogP contribution < -0.4 is 18.9 Å². The van der Waals surface area contributed by atoms with Gasteiger partial charge in [0.1, 0.15) is 17.2 Å². The van der Waals surface area contributed by atoms with Crippen molar-refractivity contribution in [2.24, 2.45) is 0 Å². The Morgan fingerprint density at radius 3 is 1.96 bits per heavy atom. The van der Waals surface area contributed by atoms with Gasteiger partial charge in [0.2, 0.25) is 0 Å². The average molecular weight is 344 g/mol. The maximum absolute atomic E-state index is 12.4. The number of phenols is 1. The van der Waals surface area contributed by atoms with Crippen LogP contribution in [0.15, 0.2) is 36.4 Å². The Morgan fingerprint density at radius 1 is 0.840 bits per heavy atom. The number of aromatic hydroxyl groups is 1. The lowest BCUT2D eigenvalue weighted by Crippen LogP contribution is -1.97. The predicted octanol–water partition coefficient (Wildman–Crippen LogP) is 3.32. The molecule has 25 heavy (non-hydrogen) atoms. The molecule has 6 heteroatoms. The Morgan fingerprint density at radius 2 is 1.44 bits per heavy atom. The molecule has 0 heterocycles. The van der Waals surface area contributed by atoms with E-state index < -0.39 is 0 Å². The van der Waals surface area contributed by atoms with Gasteiger partial charge in [-0.2, -0.15) is 0 Å². The molecule has 0 unspecified atom stereocenters. The van der Waals surface area contributed by atoms with Crippen molar-refractivity contribution in [1.29, 1.82) is 0 Å². The molecule has 0 radical (unpaired) electrons. The number of benzene rings is 2. The summed E-state index contributed by atoms with van der Waals surface area (Å²) >= 11 is 0. The van der Waals surface area contributed by atoms with Crippen molar-refractivity contribution in [2.45, 2.75) is 0 Å². The van der Waals surface area contributed by atoms with Crippen LogP contribution in [0.4, 0.5) is 0 Å². The molecule has 0 aliphatic carbocycles. The minimum atomic E-state index is -0.241. The third kappa shape index (κ3) is 4.23. The first-order valence-electron chi connectivity index (χ1n) is 7.42. The van der Waals surface area contributed by atoms with E-state index in [-0.39, 0.29) is 17.3 Å². The van der Waals surface area contributed by atoms with Gasteiger partial charge in [-0.1, -0.05) is 0 Å². The van der Waals surface area contributed by atoms with Gasteiger partial charge in [-0.3, -0.25) is 4.79 Å². The molecule has 2 aromatic carbocycles. The number of ketones is 1. The largest absolute Gasteiger partial charge is 0.504 e. The molecule has 2 aromatic rings. The summed E-state index contributed by atoms with van der Waals surface area (Å²) in [5.74, 6) is 1.53. The highest BCUT2D eigenvalue weighted by atomic mass is 16.5. The molecule has 0 aromatic heterocycles. The highest BCUT2D eigenvalue weighted by Gasteiger charge is 2.11. The van der Waals surface area contributed by atoms with Gasteiger partial charge in [-0.25, -0.2) is 0 Å². The highest BCUT2D eigenvalue weighted by molar-refractivity contribution is 6.07. The van der Waals surface area contributed by atoms with Crippen molar-refractivity contribution in [3.8, 4) is 28.7 Å². The number of hydrogen-bond donors (Lipinski definition) is 1. The summed E-state index contributed by atoms with van der Waals surface area (Å²) in [4.78, 5) is 12.4.